The smallest absolute Gasteiger partial charge is 0.423 e. The third-order valence-electron chi connectivity index (χ3n) is 5.29. The number of benzene rings is 2. The molecule has 2 aliphatic rings. The average Bonchev–Trinajstić information content (AvgIpc) is 3.46. The largest absolute Gasteiger partial charge is 0.491 e. The number of hydrogen-bond donors (Lipinski definition) is 2. The van der Waals surface area contributed by atoms with E-state index in [9.17, 15) is 5.02 Å². The minimum atomic E-state index is -0.842. The van der Waals surface area contributed by atoms with E-state index in [1.165, 1.54) is 18.4 Å². The molecule has 2 aromatic carbocycles. The Morgan fingerprint density at radius 1 is 1.12 bits per heavy atom. The molecule has 0 spiro atoms. The zero-order chi connectivity index (χ0) is 17.0. The highest BCUT2D eigenvalue weighted by atomic mass is 16.5. The normalized spacial score (nSPS) is 19.9. The van der Waals surface area contributed by atoms with Gasteiger partial charge < -0.3 is 15.4 Å². The number of fused-ring (bicyclic) bond motifs is 2. The summed E-state index contributed by atoms with van der Waals surface area (Å²) in [5.41, 5.74) is 11.4. The van der Waals surface area contributed by atoms with Crippen molar-refractivity contribution in [3.63, 3.8) is 0 Å². The summed E-state index contributed by atoms with van der Waals surface area (Å²) in [7, 11) is -0.842. The van der Waals surface area contributed by atoms with Gasteiger partial charge >= 0.3 is 7.12 Å². The van der Waals surface area contributed by atoms with Crippen LogP contribution in [0, 0.1) is 5.92 Å². The molecule has 6 heteroatoms. The predicted octanol–water partition coefficient (Wildman–Crippen LogP) is 1.92. The van der Waals surface area contributed by atoms with E-state index in [1.54, 1.807) is 6.20 Å². The lowest BCUT2D eigenvalue weighted by Gasteiger charge is -2.28. The van der Waals surface area contributed by atoms with E-state index >= 15 is 0 Å². The van der Waals surface area contributed by atoms with Crippen molar-refractivity contribution in [1.29, 1.82) is 0 Å². The highest BCUT2D eigenvalue weighted by molar-refractivity contribution is 6.61. The maximum Gasteiger partial charge on any atom is 0.491 e. The Kier molecular flexibility index (Phi) is 3.30. The number of rotatable bonds is 2. The second kappa shape index (κ2) is 5.54. The van der Waals surface area contributed by atoms with E-state index in [0.29, 0.717) is 11.6 Å². The van der Waals surface area contributed by atoms with Crippen molar-refractivity contribution < 1.29 is 9.68 Å². The van der Waals surface area contributed by atoms with E-state index in [1.807, 2.05) is 24.3 Å². The summed E-state index contributed by atoms with van der Waals surface area (Å²) in [6.07, 6.45) is 5.03. The molecule has 0 saturated heterocycles. The van der Waals surface area contributed by atoms with Gasteiger partial charge in [0.2, 0.25) is 0 Å². The van der Waals surface area contributed by atoms with Crippen LogP contribution in [0.4, 0.5) is 5.69 Å². The molecule has 2 heterocycles. The lowest BCUT2D eigenvalue weighted by Crippen LogP contribution is -2.46. The summed E-state index contributed by atoms with van der Waals surface area (Å²) in [6, 6.07) is 12.2. The Labute approximate surface area is 146 Å². The molecule has 5 nitrogen and oxygen atoms in total. The van der Waals surface area contributed by atoms with Crippen LogP contribution in [-0.2, 0) is 11.1 Å². The summed E-state index contributed by atoms with van der Waals surface area (Å²) >= 11 is 0. The molecule has 1 aliphatic heterocycles. The fraction of sp³-hybridized carbons (Fsp3) is 0.263. The standard InChI is InChI=1S/C19H18BN3O2/c21-17-10-22-23-18-8-13(5-6-15(17)18)12-3-4-14-9-19(11-1-2-11)25-20(24)16(14)7-12/h3-8,10-11,19,24H,1-2,9H2,(H2,21,23). The molecule has 3 N–H and O–H groups in total. The van der Waals surface area contributed by atoms with E-state index in [4.69, 9.17) is 10.4 Å². The third-order valence-corrected chi connectivity index (χ3v) is 5.29. The molecule has 25 heavy (non-hydrogen) atoms. The van der Waals surface area contributed by atoms with E-state index in [-0.39, 0.29) is 6.10 Å². The lowest BCUT2D eigenvalue weighted by atomic mass is 9.71. The van der Waals surface area contributed by atoms with Gasteiger partial charge in [-0.2, -0.15) is 10.2 Å². The van der Waals surface area contributed by atoms with Crippen LogP contribution < -0.4 is 11.2 Å². The maximum atomic E-state index is 10.4. The number of nitrogens with zero attached hydrogens (tertiary/aromatic N) is 2. The van der Waals surface area contributed by atoms with E-state index in [2.05, 4.69) is 22.3 Å². The summed E-state index contributed by atoms with van der Waals surface area (Å²) in [4.78, 5) is 0. The van der Waals surface area contributed by atoms with Crippen LogP contribution in [0.25, 0.3) is 22.0 Å². The third kappa shape index (κ3) is 2.58. The summed E-state index contributed by atoms with van der Waals surface area (Å²) in [5.74, 6) is 0.618. The number of hydrogen-bond acceptors (Lipinski definition) is 5. The molecule has 1 aliphatic carbocycles. The predicted molar refractivity (Wildman–Crippen MR) is 98.3 cm³/mol. The topological polar surface area (TPSA) is 81.3 Å². The Balaban J connectivity index is 1.54. The van der Waals surface area contributed by atoms with Crippen molar-refractivity contribution in [3.8, 4) is 11.1 Å². The zero-order valence-electron chi connectivity index (χ0n) is 13.7. The number of nitrogens with two attached hydrogens (primary N) is 1. The van der Waals surface area contributed by atoms with Gasteiger partial charge in [-0.25, -0.2) is 0 Å². The fourth-order valence-electron chi connectivity index (χ4n) is 3.70. The Bertz CT molecular complexity index is 974. The number of nitrogen functional groups attached to an aromatic ring is 1. The van der Waals surface area contributed by atoms with Crippen molar-refractivity contribution in [2.75, 3.05) is 5.73 Å². The average molecular weight is 331 g/mol. The van der Waals surface area contributed by atoms with E-state index < -0.39 is 7.12 Å². The first-order valence-corrected chi connectivity index (χ1v) is 8.67. The van der Waals surface area contributed by atoms with Gasteiger partial charge in [0.05, 0.1) is 17.4 Å². The highest BCUT2D eigenvalue weighted by Gasteiger charge is 2.39. The number of anilines is 1. The first kappa shape index (κ1) is 14.9. The molecule has 1 saturated carbocycles. The second-order valence-electron chi connectivity index (χ2n) is 7.01. The van der Waals surface area contributed by atoms with Crippen LogP contribution in [0.5, 0.6) is 0 Å². The van der Waals surface area contributed by atoms with Gasteiger partial charge in [-0.05, 0) is 59.5 Å². The first-order valence-electron chi connectivity index (χ1n) is 8.67. The minimum Gasteiger partial charge on any atom is -0.423 e. The van der Waals surface area contributed by atoms with Crippen molar-refractivity contribution in [2.45, 2.75) is 25.4 Å². The van der Waals surface area contributed by atoms with Crippen LogP contribution in [0.3, 0.4) is 0 Å². The second-order valence-corrected chi connectivity index (χ2v) is 7.01. The van der Waals surface area contributed by atoms with Gasteiger partial charge in [0.25, 0.3) is 0 Å². The molecule has 1 atom stereocenters. The minimum absolute atomic E-state index is 0.160. The molecule has 1 unspecified atom stereocenters. The van der Waals surface area contributed by atoms with Crippen molar-refractivity contribution >= 4 is 29.2 Å². The molecule has 124 valence electrons. The molecule has 0 radical (unpaired) electrons. The van der Waals surface area contributed by atoms with Gasteiger partial charge in [-0.1, -0.05) is 24.3 Å². The summed E-state index contributed by atoms with van der Waals surface area (Å²) in [5, 5.41) is 19.4. The van der Waals surface area contributed by atoms with Crippen LogP contribution in [0.1, 0.15) is 18.4 Å². The Hall–Kier alpha value is -2.44. The van der Waals surface area contributed by atoms with Crippen LogP contribution in [-0.4, -0.2) is 28.4 Å². The number of aromatic nitrogens is 2. The zero-order valence-corrected chi connectivity index (χ0v) is 13.7. The monoisotopic (exact) mass is 331 g/mol. The van der Waals surface area contributed by atoms with Crippen LogP contribution in [0.2, 0.25) is 0 Å². The SMILES string of the molecule is Nc1cnnc2cc(-c3ccc4c(c3)B(O)OC(C3CC3)C4)ccc12. The summed E-state index contributed by atoms with van der Waals surface area (Å²) < 4.78 is 5.83. The van der Waals surface area contributed by atoms with Crippen molar-refractivity contribution in [1.82, 2.24) is 10.2 Å². The van der Waals surface area contributed by atoms with Gasteiger partial charge in [-0.15, -0.1) is 0 Å². The van der Waals surface area contributed by atoms with Gasteiger partial charge in [-0.3, -0.25) is 0 Å². The van der Waals surface area contributed by atoms with Gasteiger partial charge in [0.1, 0.15) is 0 Å². The maximum absolute atomic E-state index is 10.4. The molecule has 1 fully saturated rings. The Morgan fingerprint density at radius 3 is 2.76 bits per heavy atom. The Morgan fingerprint density at radius 2 is 1.92 bits per heavy atom. The quantitative estimate of drug-likeness (QED) is 0.701. The highest BCUT2D eigenvalue weighted by Crippen LogP contribution is 2.37. The van der Waals surface area contributed by atoms with Crippen LogP contribution in [0.15, 0.2) is 42.6 Å². The van der Waals surface area contributed by atoms with Crippen LogP contribution >= 0.6 is 0 Å². The first-order chi connectivity index (χ1) is 12.2. The molecule has 1 aromatic heterocycles. The van der Waals surface area contributed by atoms with Gasteiger partial charge in [0, 0.05) is 11.5 Å². The molecule has 5 rings (SSSR count). The molecule has 3 aromatic rings. The summed E-state index contributed by atoms with van der Waals surface area (Å²) in [6.45, 7) is 0. The molecular weight excluding hydrogens is 313 g/mol. The van der Waals surface area contributed by atoms with Gasteiger partial charge in [0.15, 0.2) is 0 Å². The molecule has 0 bridgehead atoms. The van der Waals surface area contributed by atoms with Crippen molar-refractivity contribution in [3.05, 3.63) is 48.2 Å². The van der Waals surface area contributed by atoms with Crippen molar-refractivity contribution in [2.24, 2.45) is 5.92 Å². The fourth-order valence-corrected chi connectivity index (χ4v) is 3.70. The molecule has 0 amide bonds. The lowest BCUT2D eigenvalue weighted by molar-refractivity contribution is 0.145. The molecular formula is C19H18BN3O2. The van der Waals surface area contributed by atoms with E-state index in [0.717, 1.165) is 33.9 Å².